The van der Waals surface area contributed by atoms with Gasteiger partial charge in [0.1, 0.15) is 0 Å². The summed E-state index contributed by atoms with van der Waals surface area (Å²) in [5.41, 5.74) is 2.58. The second-order valence-electron chi connectivity index (χ2n) is 6.48. The number of hydrogen-bond donors (Lipinski definition) is 4. The minimum absolute atomic E-state index is 0.105. The summed E-state index contributed by atoms with van der Waals surface area (Å²) in [6.07, 6.45) is 1.41. The monoisotopic (exact) mass is 430 g/mol. The fourth-order valence-corrected chi connectivity index (χ4v) is 2.91. The zero-order chi connectivity index (χ0) is 22.6. The van der Waals surface area contributed by atoms with E-state index in [4.69, 9.17) is 19.4 Å². The van der Waals surface area contributed by atoms with Gasteiger partial charge in [0.25, 0.3) is 5.91 Å². The molecule has 0 radical (unpaired) electrons. The average Bonchev–Trinajstić information content (AvgIpc) is 2.78. The number of hydrogen-bond acceptors (Lipinski definition) is 7. The van der Waals surface area contributed by atoms with Gasteiger partial charge in [0, 0.05) is 18.9 Å². The number of para-hydroxylation sites is 1. The van der Waals surface area contributed by atoms with E-state index in [0.717, 1.165) is 0 Å². The molecule has 0 aliphatic rings. The van der Waals surface area contributed by atoms with E-state index in [0.29, 0.717) is 24.1 Å². The van der Waals surface area contributed by atoms with Crippen molar-refractivity contribution in [1.29, 1.82) is 0 Å². The quantitative estimate of drug-likeness (QED) is 0.258. The second kappa shape index (κ2) is 12.2. The number of hydroxylamine groups is 1. The molecule has 2 aromatic rings. The SMILES string of the molecule is COc1ccc([C@H](OC(=O)Nc2ccccc2)[C@H](CC/C=C/C(=O)NO)OC)cc1O. The molecule has 0 spiro atoms. The van der Waals surface area contributed by atoms with Crippen molar-refractivity contribution in [3.05, 3.63) is 66.2 Å². The molecule has 166 valence electrons. The molecule has 0 aliphatic heterocycles. The fourth-order valence-electron chi connectivity index (χ4n) is 2.91. The highest BCUT2D eigenvalue weighted by Crippen LogP contribution is 2.33. The summed E-state index contributed by atoms with van der Waals surface area (Å²) in [5.74, 6) is -0.473. The first kappa shape index (κ1) is 23.7. The van der Waals surface area contributed by atoms with E-state index < -0.39 is 24.2 Å². The number of aromatic hydroxyl groups is 1. The largest absolute Gasteiger partial charge is 0.504 e. The molecule has 0 unspecified atom stereocenters. The maximum atomic E-state index is 12.5. The molecule has 0 aromatic heterocycles. The number of ether oxygens (including phenoxy) is 3. The molecule has 9 heteroatoms. The van der Waals surface area contributed by atoms with Crippen LogP contribution in [0.3, 0.4) is 0 Å². The summed E-state index contributed by atoms with van der Waals surface area (Å²) < 4.78 is 16.3. The normalized spacial score (nSPS) is 12.7. The Morgan fingerprint density at radius 2 is 1.87 bits per heavy atom. The summed E-state index contributed by atoms with van der Waals surface area (Å²) in [7, 11) is 2.91. The van der Waals surface area contributed by atoms with Crippen LogP contribution in [0.2, 0.25) is 0 Å². The van der Waals surface area contributed by atoms with Gasteiger partial charge >= 0.3 is 6.09 Å². The maximum absolute atomic E-state index is 12.5. The minimum Gasteiger partial charge on any atom is -0.504 e. The Morgan fingerprint density at radius 1 is 1.13 bits per heavy atom. The van der Waals surface area contributed by atoms with Crippen molar-refractivity contribution in [1.82, 2.24) is 5.48 Å². The van der Waals surface area contributed by atoms with Crippen LogP contribution in [0.25, 0.3) is 0 Å². The third-order valence-corrected chi connectivity index (χ3v) is 4.42. The summed E-state index contributed by atoms with van der Waals surface area (Å²) in [6.45, 7) is 0. The first-order chi connectivity index (χ1) is 15.0. The molecule has 0 saturated carbocycles. The lowest BCUT2D eigenvalue weighted by Crippen LogP contribution is -2.28. The first-order valence-electron chi connectivity index (χ1n) is 9.51. The van der Waals surface area contributed by atoms with Crippen molar-refractivity contribution in [2.24, 2.45) is 0 Å². The van der Waals surface area contributed by atoms with Crippen LogP contribution in [0.4, 0.5) is 10.5 Å². The first-order valence-corrected chi connectivity index (χ1v) is 9.51. The van der Waals surface area contributed by atoms with E-state index in [9.17, 15) is 14.7 Å². The fraction of sp³-hybridized carbons (Fsp3) is 0.273. The van der Waals surface area contributed by atoms with Gasteiger partial charge in [-0.05, 0) is 42.7 Å². The van der Waals surface area contributed by atoms with Gasteiger partial charge in [-0.1, -0.05) is 30.3 Å². The third kappa shape index (κ3) is 7.32. The molecular weight excluding hydrogens is 404 g/mol. The smallest absolute Gasteiger partial charge is 0.412 e. The lowest BCUT2D eigenvalue weighted by atomic mass is 9.99. The molecule has 2 atom stereocenters. The predicted molar refractivity (Wildman–Crippen MR) is 113 cm³/mol. The van der Waals surface area contributed by atoms with E-state index in [-0.39, 0.29) is 11.5 Å². The highest BCUT2D eigenvalue weighted by atomic mass is 16.6. The van der Waals surface area contributed by atoms with Gasteiger partial charge < -0.3 is 19.3 Å². The van der Waals surface area contributed by atoms with E-state index in [1.54, 1.807) is 42.5 Å². The predicted octanol–water partition coefficient (Wildman–Crippen LogP) is 3.55. The number of benzene rings is 2. The van der Waals surface area contributed by atoms with Crippen molar-refractivity contribution in [3.63, 3.8) is 0 Å². The van der Waals surface area contributed by atoms with Crippen LogP contribution in [-0.2, 0) is 14.3 Å². The molecular formula is C22H26N2O7. The second-order valence-corrected chi connectivity index (χ2v) is 6.48. The third-order valence-electron chi connectivity index (χ3n) is 4.42. The summed E-state index contributed by atoms with van der Waals surface area (Å²) >= 11 is 0. The zero-order valence-electron chi connectivity index (χ0n) is 17.3. The van der Waals surface area contributed by atoms with Crippen LogP contribution in [0, 0.1) is 0 Å². The molecule has 0 fully saturated rings. The number of rotatable bonds is 10. The number of allylic oxidation sites excluding steroid dienone is 1. The van der Waals surface area contributed by atoms with Crippen molar-refractivity contribution >= 4 is 17.7 Å². The van der Waals surface area contributed by atoms with Crippen LogP contribution >= 0.6 is 0 Å². The number of nitrogens with one attached hydrogen (secondary N) is 2. The number of amides is 2. The maximum Gasteiger partial charge on any atom is 0.412 e. The van der Waals surface area contributed by atoms with E-state index in [2.05, 4.69) is 5.32 Å². The molecule has 2 aromatic carbocycles. The molecule has 0 saturated heterocycles. The lowest BCUT2D eigenvalue weighted by molar-refractivity contribution is -0.124. The molecule has 2 rings (SSSR count). The van der Waals surface area contributed by atoms with Crippen LogP contribution < -0.4 is 15.5 Å². The highest BCUT2D eigenvalue weighted by Gasteiger charge is 2.28. The molecule has 2 amide bonds. The Balaban J connectivity index is 2.20. The number of phenolic OH excluding ortho intramolecular Hbond substituents is 1. The van der Waals surface area contributed by atoms with E-state index in [1.807, 2.05) is 6.07 Å². The number of methoxy groups -OCH3 is 2. The number of carbonyl (C=O) groups excluding carboxylic acids is 2. The molecule has 4 N–H and O–H groups in total. The lowest BCUT2D eigenvalue weighted by Gasteiger charge is -2.26. The minimum atomic E-state index is -0.856. The standard InChI is InChI=1S/C22H26N2O7/c1-29-18-13-12-15(14-17(18)25)21(19(30-2)10-6-7-11-20(26)24-28)31-22(27)23-16-8-4-3-5-9-16/h3-5,7-9,11-14,19,21,25,28H,6,10H2,1-2H3,(H,23,27)(H,24,26)/b11-7+/t19-,21-/m0/s1. The van der Waals surface area contributed by atoms with Gasteiger partial charge in [-0.2, -0.15) is 0 Å². The Bertz CT molecular complexity index is 887. The van der Waals surface area contributed by atoms with Gasteiger partial charge in [0.2, 0.25) is 0 Å². The summed E-state index contributed by atoms with van der Waals surface area (Å²) in [6, 6.07) is 13.5. The van der Waals surface area contributed by atoms with Crippen LogP contribution in [0.5, 0.6) is 11.5 Å². The Labute approximate surface area is 180 Å². The van der Waals surface area contributed by atoms with Gasteiger partial charge in [0.15, 0.2) is 17.6 Å². The van der Waals surface area contributed by atoms with Crippen LogP contribution in [-0.4, -0.2) is 42.6 Å². The molecule has 31 heavy (non-hydrogen) atoms. The van der Waals surface area contributed by atoms with Crippen LogP contribution in [0.1, 0.15) is 24.5 Å². The topological polar surface area (TPSA) is 126 Å². The van der Waals surface area contributed by atoms with Crippen molar-refractivity contribution in [2.75, 3.05) is 19.5 Å². The van der Waals surface area contributed by atoms with Crippen molar-refractivity contribution in [2.45, 2.75) is 25.0 Å². The van der Waals surface area contributed by atoms with E-state index in [1.165, 1.54) is 31.8 Å². The molecule has 0 bridgehead atoms. The van der Waals surface area contributed by atoms with Gasteiger partial charge in [-0.15, -0.1) is 0 Å². The van der Waals surface area contributed by atoms with E-state index >= 15 is 0 Å². The number of carbonyl (C=O) groups is 2. The molecule has 9 nitrogen and oxygen atoms in total. The molecule has 0 heterocycles. The number of phenols is 1. The van der Waals surface area contributed by atoms with Crippen LogP contribution in [0.15, 0.2) is 60.7 Å². The summed E-state index contributed by atoms with van der Waals surface area (Å²) in [4.78, 5) is 23.6. The Morgan fingerprint density at radius 3 is 2.48 bits per heavy atom. The van der Waals surface area contributed by atoms with Gasteiger partial charge in [-0.25, -0.2) is 10.3 Å². The zero-order valence-corrected chi connectivity index (χ0v) is 17.3. The number of anilines is 1. The highest BCUT2D eigenvalue weighted by molar-refractivity contribution is 5.86. The Hall–Kier alpha value is -3.56. The average molecular weight is 430 g/mol. The van der Waals surface area contributed by atoms with Gasteiger partial charge in [0.05, 0.1) is 13.2 Å². The van der Waals surface area contributed by atoms with Crippen molar-refractivity contribution < 1.29 is 34.1 Å². The molecule has 0 aliphatic carbocycles. The summed E-state index contributed by atoms with van der Waals surface area (Å²) in [5, 5.41) is 21.4. The Kier molecular flexibility index (Phi) is 9.34. The van der Waals surface area contributed by atoms with Crippen molar-refractivity contribution in [3.8, 4) is 11.5 Å². The van der Waals surface area contributed by atoms with Gasteiger partial charge in [-0.3, -0.25) is 15.3 Å².